The number of nitrogens with two attached hydrogens (primary N) is 1. The summed E-state index contributed by atoms with van der Waals surface area (Å²) in [5.74, 6) is 0.281. The first kappa shape index (κ1) is 11.8. The normalized spacial score (nSPS) is 12.2. The van der Waals surface area contributed by atoms with Crippen LogP contribution in [-0.4, -0.2) is 28.2 Å². The summed E-state index contributed by atoms with van der Waals surface area (Å²) in [5, 5.41) is 0.444. The van der Waals surface area contributed by atoms with Gasteiger partial charge in [0.05, 0.1) is 23.3 Å². The third-order valence-corrected chi connectivity index (χ3v) is 2.12. The molecule has 7 nitrogen and oxygen atoms in total. The van der Waals surface area contributed by atoms with Crippen LogP contribution in [0.2, 0.25) is 0 Å². The molecule has 0 atom stereocenters. The second-order valence-electron chi connectivity index (χ2n) is 3.32. The van der Waals surface area contributed by atoms with E-state index in [1.807, 2.05) is 0 Å². The predicted molar refractivity (Wildman–Crippen MR) is 67.5 cm³/mol. The van der Waals surface area contributed by atoms with Gasteiger partial charge in [-0.05, 0) is 6.07 Å². The van der Waals surface area contributed by atoms with E-state index in [1.54, 1.807) is 13.1 Å². The number of allylic oxidation sites excluding steroid dienone is 1. The van der Waals surface area contributed by atoms with Crippen molar-refractivity contribution in [2.75, 3.05) is 7.05 Å². The second-order valence-corrected chi connectivity index (χ2v) is 3.32. The molecular formula is C11H11N5O2. The molecule has 3 N–H and O–H groups in total. The lowest BCUT2D eigenvalue weighted by Crippen LogP contribution is -2.12. The average Bonchev–Trinajstić information content (AvgIpc) is 2.38. The highest BCUT2D eigenvalue weighted by Gasteiger charge is 2.05. The van der Waals surface area contributed by atoms with Gasteiger partial charge in [0.1, 0.15) is 0 Å². The third kappa shape index (κ3) is 2.34. The number of fused-ring (bicyclic) bond motifs is 1. The highest BCUT2D eigenvalue weighted by atomic mass is 16.5. The van der Waals surface area contributed by atoms with Gasteiger partial charge in [-0.15, -0.1) is 0 Å². The molecule has 0 aliphatic heterocycles. The highest BCUT2D eigenvalue weighted by molar-refractivity contribution is 5.77. The molecule has 2 heterocycles. The van der Waals surface area contributed by atoms with Gasteiger partial charge in [0.25, 0.3) is 5.56 Å². The molecular weight excluding hydrogens is 234 g/mol. The maximum Gasteiger partial charge on any atom is 0.302 e. The van der Waals surface area contributed by atoms with Gasteiger partial charge in [-0.2, -0.15) is 4.98 Å². The number of nitrogens with one attached hydrogen (secondary N) is 1. The van der Waals surface area contributed by atoms with Gasteiger partial charge in [0.2, 0.25) is 0 Å². The van der Waals surface area contributed by atoms with E-state index < -0.39 is 0 Å². The zero-order valence-electron chi connectivity index (χ0n) is 9.62. The van der Waals surface area contributed by atoms with Crippen LogP contribution >= 0.6 is 0 Å². The van der Waals surface area contributed by atoms with Crippen molar-refractivity contribution >= 4 is 17.1 Å². The fraction of sp³-hybridized carbons (Fsp3) is 0.0909. The Hall–Kier alpha value is -2.70. The van der Waals surface area contributed by atoms with Crippen LogP contribution in [0.5, 0.6) is 6.01 Å². The average molecular weight is 245 g/mol. The number of nitrogens with zero attached hydrogens (tertiary/aromatic N) is 3. The van der Waals surface area contributed by atoms with Gasteiger partial charge >= 0.3 is 6.01 Å². The Balaban J connectivity index is 2.44. The van der Waals surface area contributed by atoms with Gasteiger partial charge in [-0.25, -0.2) is 0 Å². The first-order valence-corrected chi connectivity index (χ1v) is 5.10. The molecule has 2 rings (SSSR count). The van der Waals surface area contributed by atoms with Crippen LogP contribution in [0.15, 0.2) is 40.2 Å². The van der Waals surface area contributed by atoms with E-state index >= 15 is 0 Å². The van der Waals surface area contributed by atoms with Crippen LogP contribution in [0.1, 0.15) is 0 Å². The van der Waals surface area contributed by atoms with Gasteiger partial charge in [0, 0.05) is 19.4 Å². The number of rotatable bonds is 3. The monoisotopic (exact) mass is 245 g/mol. The lowest BCUT2D eigenvalue weighted by atomic mass is 10.3. The fourth-order valence-electron chi connectivity index (χ4n) is 1.36. The molecule has 0 aliphatic rings. The fourth-order valence-corrected chi connectivity index (χ4v) is 1.36. The van der Waals surface area contributed by atoms with E-state index in [9.17, 15) is 4.79 Å². The van der Waals surface area contributed by atoms with E-state index in [2.05, 4.69) is 19.9 Å². The van der Waals surface area contributed by atoms with E-state index in [0.717, 1.165) is 0 Å². The molecule has 7 heteroatoms. The lowest BCUT2D eigenvalue weighted by molar-refractivity contribution is 0.418. The van der Waals surface area contributed by atoms with Crippen molar-refractivity contribution in [2.24, 2.45) is 10.7 Å². The van der Waals surface area contributed by atoms with E-state index in [1.165, 1.54) is 24.8 Å². The molecule has 0 spiro atoms. The molecule has 0 saturated heterocycles. The molecule has 0 saturated carbocycles. The molecule has 0 amide bonds. The lowest BCUT2D eigenvalue weighted by Gasteiger charge is -2.04. The summed E-state index contributed by atoms with van der Waals surface area (Å²) < 4.78 is 5.29. The van der Waals surface area contributed by atoms with Crippen LogP contribution in [0.3, 0.4) is 0 Å². The Morgan fingerprint density at radius 1 is 1.61 bits per heavy atom. The van der Waals surface area contributed by atoms with Crippen LogP contribution in [0.4, 0.5) is 0 Å². The number of hydrogen-bond acceptors (Lipinski definition) is 6. The van der Waals surface area contributed by atoms with Crippen molar-refractivity contribution in [1.29, 1.82) is 0 Å². The summed E-state index contributed by atoms with van der Waals surface area (Å²) >= 11 is 0. The number of hydrogen-bond donors (Lipinski definition) is 2. The van der Waals surface area contributed by atoms with Crippen LogP contribution in [0.25, 0.3) is 10.9 Å². The summed E-state index contributed by atoms with van der Waals surface area (Å²) in [4.78, 5) is 26.0. The van der Waals surface area contributed by atoms with Gasteiger partial charge in [0.15, 0.2) is 5.76 Å². The molecule has 0 radical (unpaired) electrons. The Labute approximate surface area is 102 Å². The van der Waals surface area contributed by atoms with Gasteiger partial charge < -0.3 is 10.5 Å². The zero-order chi connectivity index (χ0) is 13.0. The second kappa shape index (κ2) is 5.09. The molecule has 0 unspecified atom stereocenters. The quantitative estimate of drug-likeness (QED) is 0.593. The summed E-state index contributed by atoms with van der Waals surface area (Å²) in [6.07, 6.45) is 5.64. The van der Waals surface area contributed by atoms with Crippen molar-refractivity contribution < 1.29 is 4.74 Å². The van der Waals surface area contributed by atoms with E-state index in [4.69, 9.17) is 10.5 Å². The summed E-state index contributed by atoms with van der Waals surface area (Å²) in [6, 6.07) is 1.62. The number of aromatic nitrogens is 3. The molecule has 0 fully saturated rings. The minimum Gasteiger partial charge on any atom is -0.422 e. The highest BCUT2D eigenvalue weighted by Crippen LogP contribution is 2.09. The molecule has 92 valence electrons. The molecule has 2 aromatic heterocycles. The number of aliphatic imine (C=N–C) groups is 1. The number of H-pyrrole nitrogens is 1. The summed E-state index contributed by atoms with van der Waals surface area (Å²) in [5.41, 5.74) is 5.49. The SMILES string of the molecule is CN=CC(=CN)Oc1nc2cnccc2c(=O)[nH]1. The zero-order valence-corrected chi connectivity index (χ0v) is 9.62. The van der Waals surface area contributed by atoms with E-state index in [-0.39, 0.29) is 17.3 Å². The van der Waals surface area contributed by atoms with Gasteiger partial charge in [-0.1, -0.05) is 0 Å². The van der Waals surface area contributed by atoms with Crippen LogP contribution in [-0.2, 0) is 0 Å². The number of ether oxygens (including phenoxy) is 1. The maximum atomic E-state index is 11.7. The van der Waals surface area contributed by atoms with Crippen molar-refractivity contribution in [3.05, 3.63) is 40.8 Å². The van der Waals surface area contributed by atoms with Crippen molar-refractivity contribution in [3.8, 4) is 6.01 Å². The standard InChI is InChI=1S/C11H11N5O2/c1-13-5-7(4-12)18-11-15-9-6-14-3-2-8(9)10(17)16-11/h2-6H,12H2,1H3,(H,15,16,17). The molecule has 0 aromatic carbocycles. The molecule has 0 aliphatic carbocycles. The van der Waals surface area contributed by atoms with Crippen LogP contribution < -0.4 is 16.0 Å². The third-order valence-electron chi connectivity index (χ3n) is 2.12. The number of pyridine rings is 1. The maximum absolute atomic E-state index is 11.7. The molecule has 18 heavy (non-hydrogen) atoms. The molecule has 2 aromatic rings. The Kier molecular flexibility index (Phi) is 3.33. The topological polar surface area (TPSA) is 106 Å². The Morgan fingerprint density at radius 3 is 3.17 bits per heavy atom. The number of aromatic amines is 1. The first-order valence-electron chi connectivity index (χ1n) is 5.10. The summed E-state index contributed by atoms with van der Waals surface area (Å²) in [7, 11) is 1.58. The summed E-state index contributed by atoms with van der Waals surface area (Å²) in [6.45, 7) is 0. The smallest absolute Gasteiger partial charge is 0.302 e. The van der Waals surface area contributed by atoms with Crippen molar-refractivity contribution in [2.45, 2.75) is 0 Å². The van der Waals surface area contributed by atoms with Crippen LogP contribution in [0, 0.1) is 0 Å². The predicted octanol–water partition coefficient (Wildman–Crippen LogP) is 0.198. The van der Waals surface area contributed by atoms with E-state index in [0.29, 0.717) is 10.9 Å². The minimum absolute atomic E-state index is 0.0390. The van der Waals surface area contributed by atoms with Crippen molar-refractivity contribution in [3.63, 3.8) is 0 Å². The first-order chi connectivity index (χ1) is 8.74. The largest absolute Gasteiger partial charge is 0.422 e. The molecule has 0 bridgehead atoms. The minimum atomic E-state index is -0.304. The van der Waals surface area contributed by atoms with Gasteiger partial charge in [-0.3, -0.25) is 19.8 Å². The Bertz CT molecular complexity index is 674. The van der Waals surface area contributed by atoms with Crippen molar-refractivity contribution in [1.82, 2.24) is 15.0 Å². The Morgan fingerprint density at radius 2 is 2.44 bits per heavy atom.